The number of aryl methyl sites for hydroxylation is 1. The Morgan fingerprint density at radius 1 is 1.24 bits per heavy atom. The van der Waals surface area contributed by atoms with Gasteiger partial charge in [0.25, 0.3) is 0 Å². The predicted molar refractivity (Wildman–Crippen MR) is 81.7 cm³/mol. The van der Waals surface area contributed by atoms with Gasteiger partial charge in [-0.05, 0) is 60.6 Å². The van der Waals surface area contributed by atoms with Crippen LogP contribution in [0.5, 0.6) is 0 Å². The van der Waals surface area contributed by atoms with E-state index in [0.717, 1.165) is 29.4 Å². The van der Waals surface area contributed by atoms with Gasteiger partial charge in [-0.1, -0.05) is 13.8 Å². The van der Waals surface area contributed by atoms with Crippen molar-refractivity contribution in [2.45, 2.75) is 57.8 Å². The smallest absolute Gasteiger partial charge is 0.182 e. The normalized spacial score (nSPS) is 31.2. The molecule has 2 aliphatic carbocycles. The van der Waals surface area contributed by atoms with Gasteiger partial charge in [0.2, 0.25) is 0 Å². The van der Waals surface area contributed by atoms with Crippen LogP contribution in [0.1, 0.15) is 73.1 Å². The lowest BCUT2D eigenvalue weighted by Crippen LogP contribution is -2.29. The number of fused-ring (bicyclic) bond motifs is 2. The molecule has 3 nitrogen and oxygen atoms in total. The Morgan fingerprint density at radius 3 is 2.81 bits per heavy atom. The van der Waals surface area contributed by atoms with Crippen molar-refractivity contribution in [3.8, 4) is 0 Å². The van der Waals surface area contributed by atoms with E-state index in [0.29, 0.717) is 17.8 Å². The van der Waals surface area contributed by atoms with Crippen LogP contribution >= 0.6 is 0 Å². The fraction of sp³-hybridized carbons (Fsp3) is 0.556. The zero-order valence-corrected chi connectivity index (χ0v) is 12.8. The fourth-order valence-electron chi connectivity index (χ4n) is 4.76. The number of aldehydes is 1. The van der Waals surface area contributed by atoms with Crippen molar-refractivity contribution in [3.05, 3.63) is 28.6 Å². The molecule has 110 valence electrons. The molecule has 4 atom stereocenters. The van der Waals surface area contributed by atoms with Gasteiger partial charge in [0.1, 0.15) is 11.8 Å². The summed E-state index contributed by atoms with van der Waals surface area (Å²) in [4.78, 5) is 16.1. The lowest BCUT2D eigenvalue weighted by molar-refractivity contribution is -0.109. The summed E-state index contributed by atoms with van der Waals surface area (Å²) in [6.45, 7) is 6.67. The summed E-state index contributed by atoms with van der Waals surface area (Å²) in [7, 11) is 0. The highest BCUT2D eigenvalue weighted by atomic mass is 16.3. The Balaban J connectivity index is 2.15. The molecule has 0 saturated carbocycles. The van der Waals surface area contributed by atoms with E-state index in [1.807, 2.05) is 0 Å². The average Bonchev–Trinajstić information content (AvgIpc) is 2.95. The number of aromatic nitrogens is 1. The van der Waals surface area contributed by atoms with Crippen LogP contribution in [-0.4, -0.2) is 11.3 Å². The Bertz CT molecular complexity index is 730. The standard InChI is InChI=1S/C18H21NO2/c1-9-4-5-13-10(2)6-12(7-20)15-11(3)17-18(21-8-19-17)14(9)16(13)15/h7-10,12-13H,4-6H2,1-3H3/t9-,10-,12-,13+/m0/s1. The molecule has 0 saturated heterocycles. The van der Waals surface area contributed by atoms with E-state index >= 15 is 0 Å². The van der Waals surface area contributed by atoms with Crippen molar-refractivity contribution in [2.75, 3.05) is 0 Å². The van der Waals surface area contributed by atoms with Gasteiger partial charge in [0, 0.05) is 11.5 Å². The number of carbonyl (C=O) groups is 1. The van der Waals surface area contributed by atoms with E-state index < -0.39 is 0 Å². The van der Waals surface area contributed by atoms with Crippen molar-refractivity contribution in [1.82, 2.24) is 4.98 Å². The molecule has 1 aromatic carbocycles. The van der Waals surface area contributed by atoms with Crippen LogP contribution in [0.4, 0.5) is 0 Å². The molecule has 0 fully saturated rings. The highest BCUT2D eigenvalue weighted by Crippen LogP contribution is 2.54. The van der Waals surface area contributed by atoms with E-state index in [-0.39, 0.29) is 5.92 Å². The first-order valence-electron chi connectivity index (χ1n) is 7.98. The third kappa shape index (κ3) is 1.60. The summed E-state index contributed by atoms with van der Waals surface area (Å²) in [5.74, 6) is 1.66. The van der Waals surface area contributed by atoms with E-state index in [9.17, 15) is 4.79 Å². The third-order valence-corrected chi connectivity index (χ3v) is 5.77. The first kappa shape index (κ1) is 13.1. The Kier molecular flexibility index (Phi) is 2.75. The molecule has 0 radical (unpaired) electrons. The van der Waals surface area contributed by atoms with Crippen molar-refractivity contribution in [2.24, 2.45) is 5.92 Å². The molecule has 1 heterocycles. The number of oxazole rings is 1. The lowest BCUT2D eigenvalue weighted by Gasteiger charge is -2.41. The van der Waals surface area contributed by atoms with E-state index in [4.69, 9.17) is 4.42 Å². The SMILES string of the molecule is Cc1c2c3c(c4ocnc14)[C@@H](C)CC[C@@H]3[C@@H](C)C[C@H]2C=O. The number of nitrogens with zero attached hydrogens (tertiary/aromatic N) is 1. The van der Waals surface area contributed by atoms with Gasteiger partial charge in [-0.2, -0.15) is 0 Å². The maximum absolute atomic E-state index is 11.7. The zero-order valence-electron chi connectivity index (χ0n) is 12.8. The zero-order chi connectivity index (χ0) is 14.7. The topological polar surface area (TPSA) is 43.1 Å². The molecule has 2 aliphatic rings. The lowest BCUT2D eigenvalue weighted by atomic mass is 9.62. The molecule has 0 unspecified atom stereocenters. The molecular formula is C18H21NO2. The van der Waals surface area contributed by atoms with Gasteiger partial charge in [0.15, 0.2) is 12.0 Å². The monoisotopic (exact) mass is 283 g/mol. The second kappa shape index (κ2) is 4.43. The predicted octanol–water partition coefficient (Wildman–Crippen LogP) is 4.44. The molecule has 0 bridgehead atoms. The minimum atomic E-state index is 0.0244. The minimum absolute atomic E-state index is 0.0244. The maximum atomic E-state index is 11.7. The molecular weight excluding hydrogens is 262 g/mol. The average molecular weight is 283 g/mol. The van der Waals surface area contributed by atoms with Gasteiger partial charge >= 0.3 is 0 Å². The second-order valence-corrected chi connectivity index (χ2v) is 6.94. The molecule has 3 heteroatoms. The molecule has 0 spiro atoms. The fourth-order valence-corrected chi connectivity index (χ4v) is 4.76. The molecule has 0 amide bonds. The minimum Gasteiger partial charge on any atom is -0.443 e. The van der Waals surface area contributed by atoms with Gasteiger partial charge in [-0.25, -0.2) is 4.98 Å². The number of benzene rings is 1. The van der Waals surface area contributed by atoms with E-state index in [2.05, 4.69) is 25.8 Å². The Labute approximate surface area is 124 Å². The molecule has 21 heavy (non-hydrogen) atoms. The van der Waals surface area contributed by atoms with E-state index in [1.54, 1.807) is 6.39 Å². The third-order valence-electron chi connectivity index (χ3n) is 5.77. The summed E-state index contributed by atoms with van der Waals surface area (Å²) >= 11 is 0. The quantitative estimate of drug-likeness (QED) is 0.727. The number of carbonyl (C=O) groups excluding carboxylic acids is 1. The summed E-state index contributed by atoms with van der Waals surface area (Å²) in [6.07, 6.45) is 6.09. The van der Waals surface area contributed by atoms with E-state index in [1.165, 1.54) is 29.5 Å². The Hall–Kier alpha value is -1.64. The summed E-state index contributed by atoms with van der Waals surface area (Å²) in [6, 6.07) is 0. The van der Waals surface area contributed by atoms with Gasteiger partial charge < -0.3 is 9.21 Å². The first-order chi connectivity index (χ1) is 10.1. The Morgan fingerprint density at radius 2 is 2.05 bits per heavy atom. The number of hydrogen-bond donors (Lipinski definition) is 0. The summed E-state index contributed by atoms with van der Waals surface area (Å²) in [5, 5.41) is 0. The maximum Gasteiger partial charge on any atom is 0.182 e. The van der Waals surface area contributed by atoms with Crippen LogP contribution < -0.4 is 0 Å². The van der Waals surface area contributed by atoms with Crippen LogP contribution in [0.25, 0.3) is 11.1 Å². The van der Waals surface area contributed by atoms with Crippen molar-refractivity contribution >= 4 is 17.4 Å². The summed E-state index contributed by atoms with van der Waals surface area (Å²) in [5.41, 5.74) is 7.08. The van der Waals surface area contributed by atoms with Crippen LogP contribution in [0.2, 0.25) is 0 Å². The van der Waals surface area contributed by atoms with Crippen molar-refractivity contribution < 1.29 is 9.21 Å². The second-order valence-electron chi connectivity index (χ2n) is 6.94. The molecule has 1 aromatic heterocycles. The molecule has 0 N–H and O–H groups in total. The summed E-state index contributed by atoms with van der Waals surface area (Å²) < 4.78 is 5.74. The van der Waals surface area contributed by atoms with Gasteiger partial charge in [0.05, 0.1) is 0 Å². The molecule has 4 rings (SSSR count). The van der Waals surface area contributed by atoms with Crippen LogP contribution in [0.3, 0.4) is 0 Å². The molecule has 0 aliphatic heterocycles. The van der Waals surface area contributed by atoms with Crippen molar-refractivity contribution in [3.63, 3.8) is 0 Å². The molecule has 2 aromatic rings. The van der Waals surface area contributed by atoms with Crippen molar-refractivity contribution in [1.29, 1.82) is 0 Å². The van der Waals surface area contributed by atoms with Gasteiger partial charge in [-0.15, -0.1) is 0 Å². The van der Waals surface area contributed by atoms with Crippen LogP contribution in [0, 0.1) is 12.8 Å². The van der Waals surface area contributed by atoms with Crippen LogP contribution in [-0.2, 0) is 4.79 Å². The largest absolute Gasteiger partial charge is 0.443 e. The van der Waals surface area contributed by atoms with Gasteiger partial charge in [-0.3, -0.25) is 0 Å². The number of hydrogen-bond acceptors (Lipinski definition) is 3. The highest BCUT2D eigenvalue weighted by molar-refractivity contribution is 5.86. The number of rotatable bonds is 1. The first-order valence-corrected chi connectivity index (χ1v) is 7.98. The van der Waals surface area contributed by atoms with Crippen LogP contribution in [0.15, 0.2) is 10.8 Å². The highest BCUT2D eigenvalue weighted by Gasteiger charge is 2.40.